The summed E-state index contributed by atoms with van der Waals surface area (Å²) < 4.78 is 5.88. The smallest absolute Gasteiger partial charge is 0.122 e. The van der Waals surface area contributed by atoms with Crippen LogP contribution >= 0.6 is 0 Å². The van der Waals surface area contributed by atoms with Gasteiger partial charge in [0.2, 0.25) is 0 Å². The summed E-state index contributed by atoms with van der Waals surface area (Å²) in [6.45, 7) is 9.31. The molecule has 2 rings (SSSR count). The van der Waals surface area contributed by atoms with Gasteiger partial charge in [0.15, 0.2) is 0 Å². The van der Waals surface area contributed by atoms with Gasteiger partial charge in [-0.1, -0.05) is 12.1 Å². The molecule has 1 fully saturated rings. The molecular weight excluding hydrogens is 234 g/mol. The fourth-order valence-corrected chi connectivity index (χ4v) is 2.84. The van der Waals surface area contributed by atoms with E-state index in [-0.39, 0.29) is 0 Å². The van der Waals surface area contributed by atoms with E-state index in [2.05, 4.69) is 32.0 Å². The van der Waals surface area contributed by atoms with E-state index < -0.39 is 0 Å². The third-order valence-electron chi connectivity index (χ3n) is 4.30. The summed E-state index contributed by atoms with van der Waals surface area (Å²) in [6, 6.07) is 6.30. The minimum absolute atomic E-state index is 0.861. The summed E-state index contributed by atoms with van der Waals surface area (Å²) in [4.78, 5) is 1.82. The van der Waals surface area contributed by atoms with E-state index in [4.69, 9.17) is 4.74 Å². The molecule has 2 nitrogen and oxygen atoms in total. The standard InChI is InChI=1S/C17H27NO/c1-15-9-8-10-17(16(15)2)19-14-7-3-4-11-18-12-5-6-13-18/h8-10H,3-7,11-14H2,1-2H3/p+1. The van der Waals surface area contributed by atoms with Gasteiger partial charge in [-0.2, -0.15) is 0 Å². The first-order valence-corrected chi connectivity index (χ1v) is 7.80. The van der Waals surface area contributed by atoms with Crippen LogP contribution in [0.25, 0.3) is 0 Å². The second-order valence-electron chi connectivity index (χ2n) is 5.81. The van der Waals surface area contributed by atoms with Gasteiger partial charge < -0.3 is 9.64 Å². The van der Waals surface area contributed by atoms with E-state index in [1.165, 1.54) is 62.9 Å². The number of nitrogens with one attached hydrogen (secondary N) is 1. The van der Waals surface area contributed by atoms with Crippen molar-refractivity contribution in [1.82, 2.24) is 0 Å². The molecule has 0 bridgehead atoms. The van der Waals surface area contributed by atoms with Gasteiger partial charge in [-0.25, -0.2) is 0 Å². The lowest BCUT2D eigenvalue weighted by Crippen LogP contribution is -3.09. The molecule has 0 amide bonds. The molecule has 1 saturated heterocycles. The first-order chi connectivity index (χ1) is 9.27. The summed E-state index contributed by atoms with van der Waals surface area (Å²) in [5.41, 5.74) is 2.60. The summed E-state index contributed by atoms with van der Waals surface area (Å²) in [5, 5.41) is 0. The minimum atomic E-state index is 0.861. The van der Waals surface area contributed by atoms with Gasteiger partial charge in [0.1, 0.15) is 5.75 Å². The van der Waals surface area contributed by atoms with Gasteiger partial charge in [-0.05, 0) is 50.3 Å². The van der Waals surface area contributed by atoms with Crippen molar-refractivity contribution in [2.75, 3.05) is 26.2 Å². The van der Waals surface area contributed by atoms with Crippen molar-refractivity contribution in [1.29, 1.82) is 0 Å². The summed E-state index contributed by atoms with van der Waals surface area (Å²) in [5.74, 6) is 1.06. The lowest BCUT2D eigenvalue weighted by Gasteiger charge is -2.12. The highest BCUT2D eigenvalue weighted by atomic mass is 16.5. The molecule has 0 aliphatic carbocycles. The van der Waals surface area contributed by atoms with Crippen LogP contribution in [0.3, 0.4) is 0 Å². The zero-order valence-corrected chi connectivity index (χ0v) is 12.5. The van der Waals surface area contributed by atoms with Crippen LogP contribution in [0, 0.1) is 13.8 Å². The van der Waals surface area contributed by atoms with Crippen LogP contribution in [0.15, 0.2) is 18.2 Å². The number of hydrogen-bond donors (Lipinski definition) is 1. The molecule has 0 spiro atoms. The molecule has 1 aromatic carbocycles. The molecule has 1 heterocycles. The van der Waals surface area contributed by atoms with Crippen LogP contribution in [0.4, 0.5) is 0 Å². The van der Waals surface area contributed by atoms with E-state index in [9.17, 15) is 0 Å². The van der Waals surface area contributed by atoms with E-state index in [0.717, 1.165) is 12.4 Å². The van der Waals surface area contributed by atoms with Crippen LogP contribution < -0.4 is 9.64 Å². The van der Waals surface area contributed by atoms with Gasteiger partial charge in [0, 0.05) is 12.8 Å². The number of likely N-dealkylation sites (tertiary alicyclic amines) is 1. The molecule has 0 saturated carbocycles. The first-order valence-electron chi connectivity index (χ1n) is 7.80. The zero-order valence-electron chi connectivity index (χ0n) is 12.5. The molecule has 1 aliphatic heterocycles. The Morgan fingerprint density at radius 2 is 1.84 bits per heavy atom. The highest BCUT2D eigenvalue weighted by molar-refractivity contribution is 5.38. The predicted octanol–water partition coefficient (Wildman–Crippen LogP) is 2.53. The van der Waals surface area contributed by atoms with Crippen molar-refractivity contribution in [3.63, 3.8) is 0 Å². The number of hydrogen-bond acceptors (Lipinski definition) is 1. The molecule has 1 aromatic rings. The molecular formula is C17H28NO+. The average Bonchev–Trinajstić information content (AvgIpc) is 2.91. The third-order valence-corrected chi connectivity index (χ3v) is 4.30. The number of unbranched alkanes of at least 4 members (excludes halogenated alkanes) is 2. The summed E-state index contributed by atoms with van der Waals surface area (Å²) >= 11 is 0. The van der Waals surface area contributed by atoms with Crippen molar-refractivity contribution in [3.8, 4) is 5.75 Å². The van der Waals surface area contributed by atoms with Gasteiger partial charge in [0.25, 0.3) is 0 Å². The largest absolute Gasteiger partial charge is 0.493 e. The Bertz CT molecular complexity index is 383. The van der Waals surface area contributed by atoms with Crippen molar-refractivity contribution in [2.45, 2.75) is 46.0 Å². The molecule has 2 heteroatoms. The van der Waals surface area contributed by atoms with E-state index >= 15 is 0 Å². The SMILES string of the molecule is Cc1cccc(OCCCCC[NH+]2CCCC2)c1C. The van der Waals surface area contributed by atoms with Crippen molar-refractivity contribution >= 4 is 0 Å². The van der Waals surface area contributed by atoms with Crippen LogP contribution in [0.2, 0.25) is 0 Å². The highest BCUT2D eigenvalue weighted by Crippen LogP contribution is 2.20. The number of rotatable bonds is 7. The zero-order chi connectivity index (χ0) is 13.5. The van der Waals surface area contributed by atoms with Crippen molar-refractivity contribution in [2.24, 2.45) is 0 Å². The quantitative estimate of drug-likeness (QED) is 0.746. The molecule has 19 heavy (non-hydrogen) atoms. The Balaban J connectivity index is 1.57. The number of aryl methyl sites for hydroxylation is 1. The van der Waals surface area contributed by atoms with E-state index in [1.807, 2.05) is 4.90 Å². The molecule has 0 aromatic heterocycles. The fraction of sp³-hybridized carbons (Fsp3) is 0.647. The second-order valence-corrected chi connectivity index (χ2v) is 5.81. The Hall–Kier alpha value is -1.02. The van der Waals surface area contributed by atoms with Crippen LogP contribution in [-0.2, 0) is 0 Å². The highest BCUT2D eigenvalue weighted by Gasteiger charge is 2.13. The second kappa shape index (κ2) is 7.54. The van der Waals surface area contributed by atoms with Gasteiger partial charge in [-0.15, -0.1) is 0 Å². The normalized spacial score (nSPS) is 15.9. The lowest BCUT2D eigenvalue weighted by molar-refractivity contribution is -0.887. The molecule has 1 N–H and O–H groups in total. The number of quaternary nitrogens is 1. The maximum Gasteiger partial charge on any atom is 0.122 e. The average molecular weight is 262 g/mol. The summed E-state index contributed by atoms with van der Waals surface area (Å²) in [7, 11) is 0. The molecule has 1 aliphatic rings. The van der Waals surface area contributed by atoms with Crippen LogP contribution in [0.5, 0.6) is 5.75 Å². The van der Waals surface area contributed by atoms with Gasteiger partial charge in [0.05, 0.1) is 26.2 Å². The maximum atomic E-state index is 5.88. The van der Waals surface area contributed by atoms with Crippen LogP contribution in [-0.4, -0.2) is 26.2 Å². The molecule has 0 radical (unpaired) electrons. The Labute approximate surface area is 117 Å². The summed E-state index contributed by atoms with van der Waals surface area (Å²) in [6.07, 6.45) is 6.71. The molecule has 0 unspecified atom stereocenters. The Morgan fingerprint density at radius 3 is 2.63 bits per heavy atom. The lowest BCUT2D eigenvalue weighted by atomic mass is 10.1. The Kier molecular flexibility index (Phi) is 5.71. The monoisotopic (exact) mass is 262 g/mol. The first kappa shape index (κ1) is 14.4. The molecule has 0 atom stereocenters. The van der Waals surface area contributed by atoms with E-state index in [0.29, 0.717) is 0 Å². The Morgan fingerprint density at radius 1 is 1.05 bits per heavy atom. The van der Waals surface area contributed by atoms with Crippen molar-refractivity contribution in [3.05, 3.63) is 29.3 Å². The van der Waals surface area contributed by atoms with Gasteiger partial charge >= 0.3 is 0 Å². The number of ether oxygens (including phenoxy) is 1. The van der Waals surface area contributed by atoms with E-state index in [1.54, 1.807) is 0 Å². The topological polar surface area (TPSA) is 13.7 Å². The third kappa shape index (κ3) is 4.54. The maximum absolute atomic E-state index is 5.88. The van der Waals surface area contributed by atoms with Crippen LogP contribution in [0.1, 0.15) is 43.2 Å². The molecule has 106 valence electrons. The van der Waals surface area contributed by atoms with Crippen molar-refractivity contribution < 1.29 is 9.64 Å². The minimum Gasteiger partial charge on any atom is -0.493 e. The number of benzene rings is 1. The fourth-order valence-electron chi connectivity index (χ4n) is 2.84. The predicted molar refractivity (Wildman–Crippen MR) is 80.1 cm³/mol. The van der Waals surface area contributed by atoms with Gasteiger partial charge in [-0.3, -0.25) is 0 Å².